The lowest BCUT2D eigenvalue weighted by Crippen LogP contribution is -2.36. The molecule has 5 rings (SSSR count). The molecule has 2 aliphatic heterocycles. The summed E-state index contributed by atoms with van der Waals surface area (Å²) in [5, 5.41) is 3.35. The minimum atomic E-state index is -0.477. The topological polar surface area (TPSA) is 71.3 Å². The van der Waals surface area contributed by atoms with E-state index >= 15 is 0 Å². The second kappa shape index (κ2) is 7.99. The van der Waals surface area contributed by atoms with Crippen molar-refractivity contribution in [1.29, 1.82) is 0 Å². The van der Waals surface area contributed by atoms with Gasteiger partial charge in [-0.2, -0.15) is 0 Å². The molecule has 0 spiro atoms. The normalized spacial score (nSPS) is 18.4. The molecule has 30 heavy (non-hydrogen) atoms. The molecule has 7 heteroatoms. The van der Waals surface area contributed by atoms with Crippen LogP contribution in [0.5, 0.6) is 0 Å². The van der Waals surface area contributed by atoms with Gasteiger partial charge in [0.2, 0.25) is 5.89 Å². The molecule has 1 fully saturated rings. The number of oxazole rings is 1. The summed E-state index contributed by atoms with van der Waals surface area (Å²) in [6.07, 6.45) is 5.92. The van der Waals surface area contributed by atoms with Gasteiger partial charge < -0.3 is 14.6 Å². The Morgan fingerprint density at radius 1 is 1.33 bits per heavy atom. The first-order chi connectivity index (χ1) is 14.7. The van der Waals surface area contributed by atoms with Gasteiger partial charge in [0.15, 0.2) is 0 Å². The van der Waals surface area contributed by atoms with Gasteiger partial charge in [-0.25, -0.2) is 9.37 Å². The molecule has 2 aliphatic rings. The molecular weight excluding hydrogens is 383 g/mol. The summed E-state index contributed by atoms with van der Waals surface area (Å²) in [6, 6.07) is 8.63. The number of pyridine rings is 1. The molecule has 4 heterocycles. The number of aromatic nitrogens is 2. The Labute approximate surface area is 174 Å². The summed E-state index contributed by atoms with van der Waals surface area (Å²) < 4.78 is 20.4. The summed E-state index contributed by atoms with van der Waals surface area (Å²) >= 11 is 0. The van der Waals surface area contributed by atoms with Crippen LogP contribution in [0.4, 0.5) is 4.39 Å². The van der Waals surface area contributed by atoms with Crippen LogP contribution in [0.15, 0.2) is 47.1 Å². The highest BCUT2D eigenvalue weighted by molar-refractivity contribution is 5.94. The lowest BCUT2D eigenvalue weighted by Gasteiger charge is -2.25. The number of hydrogen-bond acceptors (Lipinski definition) is 5. The van der Waals surface area contributed by atoms with Gasteiger partial charge in [0, 0.05) is 25.4 Å². The Kier molecular flexibility index (Phi) is 5.04. The van der Waals surface area contributed by atoms with Crippen LogP contribution in [-0.2, 0) is 19.4 Å². The molecule has 0 saturated carbocycles. The van der Waals surface area contributed by atoms with Crippen molar-refractivity contribution in [1.82, 2.24) is 20.2 Å². The van der Waals surface area contributed by atoms with E-state index in [1.807, 2.05) is 12.1 Å². The van der Waals surface area contributed by atoms with Crippen LogP contribution in [0, 0.1) is 11.7 Å². The molecule has 0 bridgehead atoms. The standard InChI is InChI=1S/C23H23FN4O2/c24-19-4-3-15(10-16-5-8-26-12-16)11-18(19)23(29)28-9-6-21-20(14-28)27-22(30-21)17-2-1-7-25-13-17/h1-4,7,11,13,16,26H,5-6,8-10,12,14H2. The maximum atomic E-state index is 14.5. The third-order valence-corrected chi connectivity index (χ3v) is 5.87. The maximum Gasteiger partial charge on any atom is 0.257 e. The fourth-order valence-corrected chi connectivity index (χ4v) is 4.24. The van der Waals surface area contributed by atoms with Crippen molar-refractivity contribution < 1.29 is 13.6 Å². The van der Waals surface area contributed by atoms with Crippen LogP contribution >= 0.6 is 0 Å². The van der Waals surface area contributed by atoms with Crippen LogP contribution < -0.4 is 5.32 Å². The fourth-order valence-electron chi connectivity index (χ4n) is 4.24. The first kappa shape index (κ1) is 18.9. The predicted octanol–water partition coefficient (Wildman–Crippen LogP) is 3.23. The number of halogens is 1. The quantitative estimate of drug-likeness (QED) is 0.720. The number of amides is 1. The maximum absolute atomic E-state index is 14.5. The smallest absolute Gasteiger partial charge is 0.257 e. The first-order valence-corrected chi connectivity index (χ1v) is 10.3. The van der Waals surface area contributed by atoms with Gasteiger partial charge in [0.1, 0.15) is 17.3 Å². The van der Waals surface area contributed by atoms with Crippen LogP contribution in [0.2, 0.25) is 0 Å². The third-order valence-electron chi connectivity index (χ3n) is 5.87. The molecule has 1 atom stereocenters. The monoisotopic (exact) mass is 406 g/mol. The number of nitrogens with one attached hydrogen (secondary N) is 1. The molecule has 1 saturated heterocycles. The van der Waals surface area contributed by atoms with Crippen molar-refractivity contribution in [2.24, 2.45) is 5.92 Å². The van der Waals surface area contributed by atoms with Crippen LogP contribution in [0.3, 0.4) is 0 Å². The predicted molar refractivity (Wildman–Crippen MR) is 109 cm³/mol. The molecule has 6 nitrogen and oxygen atoms in total. The number of nitrogens with zero attached hydrogens (tertiary/aromatic N) is 3. The number of carbonyl (C=O) groups is 1. The van der Waals surface area contributed by atoms with Crippen molar-refractivity contribution in [3.05, 3.63) is 71.1 Å². The van der Waals surface area contributed by atoms with Gasteiger partial charge in [-0.3, -0.25) is 9.78 Å². The zero-order chi connectivity index (χ0) is 20.5. The highest BCUT2D eigenvalue weighted by Crippen LogP contribution is 2.27. The van der Waals surface area contributed by atoms with Gasteiger partial charge in [0.25, 0.3) is 5.91 Å². The Morgan fingerprint density at radius 2 is 2.27 bits per heavy atom. The second-order valence-electron chi connectivity index (χ2n) is 7.98. The Bertz CT molecular complexity index is 1060. The summed E-state index contributed by atoms with van der Waals surface area (Å²) in [4.78, 5) is 23.4. The van der Waals surface area contributed by atoms with Crippen molar-refractivity contribution >= 4 is 5.91 Å². The van der Waals surface area contributed by atoms with E-state index in [0.29, 0.717) is 31.3 Å². The SMILES string of the molecule is O=C(c1cc(CC2CCNC2)ccc1F)N1CCc2oc(-c3cccnc3)nc2C1. The lowest BCUT2D eigenvalue weighted by molar-refractivity contribution is 0.0723. The van der Waals surface area contributed by atoms with Crippen LogP contribution in [0.1, 0.15) is 33.8 Å². The van der Waals surface area contributed by atoms with Gasteiger partial charge in [-0.15, -0.1) is 0 Å². The average Bonchev–Trinajstić information content (AvgIpc) is 3.44. The number of fused-ring (bicyclic) bond motifs is 1. The van der Waals surface area contributed by atoms with Gasteiger partial charge in [-0.05, 0) is 61.7 Å². The lowest BCUT2D eigenvalue weighted by atomic mass is 9.97. The number of rotatable bonds is 4. The van der Waals surface area contributed by atoms with E-state index in [2.05, 4.69) is 15.3 Å². The van der Waals surface area contributed by atoms with Crippen molar-refractivity contribution in [2.45, 2.75) is 25.8 Å². The highest BCUT2D eigenvalue weighted by Gasteiger charge is 2.28. The fraction of sp³-hybridized carbons (Fsp3) is 0.348. The van der Waals surface area contributed by atoms with E-state index in [1.165, 1.54) is 6.07 Å². The average molecular weight is 406 g/mol. The number of carbonyl (C=O) groups excluding carboxylic acids is 1. The van der Waals surface area contributed by atoms with Crippen molar-refractivity contribution in [3.63, 3.8) is 0 Å². The molecule has 1 unspecified atom stereocenters. The first-order valence-electron chi connectivity index (χ1n) is 10.3. The van der Waals surface area contributed by atoms with Gasteiger partial charge >= 0.3 is 0 Å². The van der Waals surface area contributed by atoms with E-state index in [0.717, 1.165) is 48.5 Å². The Morgan fingerprint density at radius 3 is 3.07 bits per heavy atom. The van der Waals surface area contributed by atoms with Crippen LogP contribution in [-0.4, -0.2) is 40.4 Å². The van der Waals surface area contributed by atoms with E-state index in [4.69, 9.17) is 4.42 Å². The number of hydrogen-bond donors (Lipinski definition) is 1. The summed E-state index contributed by atoms with van der Waals surface area (Å²) in [6.45, 7) is 2.78. The summed E-state index contributed by atoms with van der Waals surface area (Å²) in [5.41, 5.74) is 2.66. The molecule has 2 aromatic heterocycles. The molecule has 154 valence electrons. The Hall–Kier alpha value is -3.06. The summed E-state index contributed by atoms with van der Waals surface area (Å²) in [5.74, 6) is 1.05. The van der Waals surface area contributed by atoms with Gasteiger partial charge in [0.05, 0.1) is 17.7 Å². The van der Waals surface area contributed by atoms with E-state index < -0.39 is 5.82 Å². The molecule has 1 aromatic carbocycles. The molecule has 0 radical (unpaired) electrons. The summed E-state index contributed by atoms with van der Waals surface area (Å²) in [7, 11) is 0. The zero-order valence-corrected chi connectivity index (χ0v) is 16.6. The highest BCUT2D eigenvalue weighted by atomic mass is 19.1. The largest absolute Gasteiger partial charge is 0.441 e. The van der Waals surface area contributed by atoms with E-state index in [9.17, 15) is 9.18 Å². The Balaban J connectivity index is 1.34. The zero-order valence-electron chi connectivity index (χ0n) is 16.6. The van der Waals surface area contributed by atoms with Crippen molar-refractivity contribution in [3.8, 4) is 11.5 Å². The minimum absolute atomic E-state index is 0.137. The third kappa shape index (κ3) is 3.73. The molecule has 3 aromatic rings. The van der Waals surface area contributed by atoms with Gasteiger partial charge in [-0.1, -0.05) is 6.07 Å². The molecule has 0 aliphatic carbocycles. The molecule has 1 amide bonds. The van der Waals surface area contributed by atoms with Crippen molar-refractivity contribution in [2.75, 3.05) is 19.6 Å². The minimum Gasteiger partial charge on any atom is -0.441 e. The number of benzene rings is 1. The molecule has 1 N–H and O–H groups in total. The van der Waals surface area contributed by atoms with Crippen LogP contribution in [0.25, 0.3) is 11.5 Å². The molecular formula is C23H23FN4O2. The second-order valence-corrected chi connectivity index (χ2v) is 7.98. The van der Waals surface area contributed by atoms with E-state index in [1.54, 1.807) is 29.4 Å². The van der Waals surface area contributed by atoms with E-state index in [-0.39, 0.29) is 11.5 Å².